The Hall–Kier alpha value is -2.16. The van der Waals surface area contributed by atoms with Crippen LogP contribution < -0.4 is 11.5 Å². The highest BCUT2D eigenvalue weighted by Gasteiger charge is 2.30. The van der Waals surface area contributed by atoms with Crippen molar-refractivity contribution in [3.63, 3.8) is 0 Å². The maximum absolute atomic E-state index is 12.4. The highest BCUT2D eigenvalue weighted by Crippen LogP contribution is 2.31. The summed E-state index contributed by atoms with van der Waals surface area (Å²) in [4.78, 5) is 10.4. The van der Waals surface area contributed by atoms with Gasteiger partial charge in [0.2, 0.25) is 5.91 Å². The summed E-state index contributed by atoms with van der Waals surface area (Å²) in [6, 6.07) is 2.98. The monoisotopic (exact) mass is 242 g/mol. The third kappa shape index (κ3) is 4.07. The molecule has 17 heavy (non-hydrogen) atoms. The Balaban J connectivity index is 3.05. The molecule has 0 aliphatic carbocycles. The predicted octanol–water partition coefficient (Wildman–Crippen LogP) is 1.51. The first kappa shape index (κ1) is 12.9. The average Bonchev–Trinajstić information content (AvgIpc) is 2.14. The number of nitrogens with two attached hydrogens (primary N) is 2. The van der Waals surface area contributed by atoms with Gasteiger partial charge < -0.3 is 11.5 Å². The van der Waals surface area contributed by atoms with E-state index < -0.39 is 17.6 Å². The minimum absolute atomic E-state index is 0.0387. The van der Waals surface area contributed by atoms with Crippen molar-refractivity contribution in [3.8, 4) is 11.8 Å². The molecule has 0 heterocycles. The molecule has 4 N–H and O–H groups in total. The molecule has 0 unspecified atom stereocenters. The molecule has 0 bridgehead atoms. The normalized spacial score (nSPS) is 10.5. The summed E-state index contributed by atoms with van der Waals surface area (Å²) in [5.74, 6) is 4.12. The van der Waals surface area contributed by atoms with Crippen LogP contribution in [0.15, 0.2) is 18.2 Å². The fourth-order valence-electron chi connectivity index (χ4n) is 1.12. The maximum Gasteiger partial charge on any atom is 0.416 e. The molecule has 1 aromatic rings. The highest BCUT2D eigenvalue weighted by atomic mass is 19.4. The number of carbonyl (C=O) groups is 1. The summed E-state index contributed by atoms with van der Waals surface area (Å²) < 4.78 is 37.3. The fourth-order valence-corrected chi connectivity index (χ4v) is 1.12. The zero-order valence-corrected chi connectivity index (χ0v) is 8.64. The van der Waals surface area contributed by atoms with Gasteiger partial charge in [0.25, 0.3) is 0 Å². The first-order valence-electron chi connectivity index (χ1n) is 4.54. The van der Waals surface area contributed by atoms with Gasteiger partial charge in [-0.15, -0.1) is 0 Å². The molecular weight excluding hydrogens is 233 g/mol. The second-order valence-electron chi connectivity index (χ2n) is 3.29. The molecule has 0 aromatic heterocycles. The molecular formula is C11H9F3N2O. The van der Waals surface area contributed by atoms with Crippen LogP contribution in [0.4, 0.5) is 18.9 Å². The van der Waals surface area contributed by atoms with Crippen LogP contribution in [0.25, 0.3) is 0 Å². The van der Waals surface area contributed by atoms with Gasteiger partial charge in [-0.2, -0.15) is 13.2 Å². The standard InChI is InChI=1S/C11H9F3N2O/c12-11(13,14)8-4-7(5-9(15)6-8)2-1-3-10(16)17/h4-6H,3,15H2,(H2,16,17). The lowest BCUT2D eigenvalue weighted by Gasteiger charge is -2.07. The number of carbonyl (C=O) groups excluding carboxylic acids is 1. The minimum Gasteiger partial charge on any atom is -0.399 e. The van der Waals surface area contributed by atoms with Crippen LogP contribution in [0.5, 0.6) is 0 Å². The molecule has 90 valence electrons. The van der Waals surface area contributed by atoms with Gasteiger partial charge in [-0.05, 0) is 18.2 Å². The Kier molecular flexibility index (Phi) is 3.63. The molecule has 0 saturated carbocycles. The number of amides is 1. The van der Waals surface area contributed by atoms with Gasteiger partial charge >= 0.3 is 6.18 Å². The van der Waals surface area contributed by atoms with Crippen molar-refractivity contribution in [1.29, 1.82) is 0 Å². The van der Waals surface area contributed by atoms with Gasteiger partial charge in [0.15, 0.2) is 0 Å². The largest absolute Gasteiger partial charge is 0.416 e. The Morgan fingerprint density at radius 1 is 1.29 bits per heavy atom. The van der Waals surface area contributed by atoms with Crippen LogP contribution in [0.2, 0.25) is 0 Å². The molecule has 0 aliphatic rings. The van der Waals surface area contributed by atoms with E-state index in [1.807, 2.05) is 0 Å². The van der Waals surface area contributed by atoms with Crippen molar-refractivity contribution >= 4 is 11.6 Å². The Labute approximate surface area is 95.6 Å². The molecule has 0 fully saturated rings. The van der Waals surface area contributed by atoms with Gasteiger partial charge in [-0.25, -0.2) is 0 Å². The van der Waals surface area contributed by atoms with E-state index in [2.05, 4.69) is 11.8 Å². The Morgan fingerprint density at radius 3 is 2.47 bits per heavy atom. The molecule has 0 spiro atoms. The number of hydrogen-bond donors (Lipinski definition) is 2. The number of benzene rings is 1. The van der Waals surface area contributed by atoms with Crippen molar-refractivity contribution in [2.24, 2.45) is 5.73 Å². The number of hydrogen-bond acceptors (Lipinski definition) is 2. The number of anilines is 1. The summed E-state index contributed by atoms with van der Waals surface area (Å²) in [5.41, 5.74) is 9.35. The van der Waals surface area contributed by atoms with E-state index >= 15 is 0 Å². The van der Waals surface area contributed by atoms with E-state index in [0.29, 0.717) is 0 Å². The zero-order valence-electron chi connectivity index (χ0n) is 8.64. The Bertz CT molecular complexity index is 498. The van der Waals surface area contributed by atoms with Crippen LogP contribution in [-0.2, 0) is 11.0 Å². The number of alkyl halides is 3. The topological polar surface area (TPSA) is 69.1 Å². The zero-order chi connectivity index (χ0) is 13.1. The third-order valence-corrected chi connectivity index (χ3v) is 1.78. The lowest BCUT2D eigenvalue weighted by Crippen LogP contribution is -2.08. The molecule has 1 amide bonds. The van der Waals surface area contributed by atoms with Gasteiger partial charge in [0.1, 0.15) is 0 Å². The van der Waals surface area contributed by atoms with Gasteiger partial charge in [0.05, 0.1) is 12.0 Å². The lowest BCUT2D eigenvalue weighted by atomic mass is 10.1. The van der Waals surface area contributed by atoms with E-state index in [9.17, 15) is 18.0 Å². The number of primary amides is 1. The number of halogens is 3. The SMILES string of the molecule is NC(=O)CC#Cc1cc(N)cc(C(F)(F)F)c1. The second kappa shape index (κ2) is 4.78. The summed E-state index contributed by atoms with van der Waals surface area (Å²) >= 11 is 0. The van der Waals surface area contributed by atoms with E-state index in [-0.39, 0.29) is 17.7 Å². The highest BCUT2D eigenvalue weighted by molar-refractivity contribution is 5.76. The summed E-state index contributed by atoms with van der Waals surface area (Å²) in [6.07, 6.45) is -4.69. The Morgan fingerprint density at radius 2 is 1.94 bits per heavy atom. The van der Waals surface area contributed by atoms with Crippen molar-refractivity contribution in [1.82, 2.24) is 0 Å². The molecule has 1 aromatic carbocycles. The van der Waals surface area contributed by atoms with Gasteiger partial charge in [0, 0.05) is 11.3 Å². The molecule has 0 radical (unpaired) electrons. The van der Waals surface area contributed by atoms with Crippen molar-refractivity contribution < 1.29 is 18.0 Å². The van der Waals surface area contributed by atoms with E-state index in [1.54, 1.807) is 0 Å². The molecule has 1 rings (SSSR count). The first-order valence-corrected chi connectivity index (χ1v) is 4.54. The average molecular weight is 242 g/mol. The van der Waals surface area contributed by atoms with Crippen LogP contribution in [0, 0.1) is 11.8 Å². The summed E-state index contributed by atoms with van der Waals surface area (Å²) in [5, 5.41) is 0. The fraction of sp³-hybridized carbons (Fsp3) is 0.182. The van der Waals surface area contributed by atoms with Crippen molar-refractivity contribution in [2.75, 3.05) is 5.73 Å². The van der Waals surface area contributed by atoms with Crippen molar-refractivity contribution in [3.05, 3.63) is 29.3 Å². The van der Waals surface area contributed by atoms with Crippen molar-refractivity contribution in [2.45, 2.75) is 12.6 Å². The van der Waals surface area contributed by atoms with Crippen LogP contribution in [0.3, 0.4) is 0 Å². The van der Waals surface area contributed by atoms with Gasteiger partial charge in [-0.1, -0.05) is 11.8 Å². The van der Waals surface area contributed by atoms with E-state index in [0.717, 1.165) is 12.1 Å². The lowest BCUT2D eigenvalue weighted by molar-refractivity contribution is -0.137. The van der Waals surface area contributed by atoms with E-state index in [4.69, 9.17) is 11.5 Å². The molecule has 0 saturated heterocycles. The number of nitrogen functional groups attached to an aromatic ring is 1. The smallest absolute Gasteiger partial charge is 0.399 e. The summed E-state index contributed by atoms with van der Waals surface area (Å²) in [7, 11) is 0. The predicted molar refractivity (Wildman–Crippen MR) is 56.5 cm³/mol. The van der Waals surface area contributed by atoms with Crippen LogP contribution in [0.1, 0.15) is 17.5 Å². The van der Waals surface area contributed by atoms with Crippen LogP contribution in [-0.4, -0.2) is 5.91 Å². The first-order chi connectivity index (χ1) is 7.79. The summed E-state index contributed by atoms with van der Waals surface area (Å²) in [6.45, 7) is 0. The van der Waals surface area contributed by atoms with Gasteiger partial charge in [-0.3, -0.25) is 4.79 Å². The molecule has 6 heteroatoms. The van der Waals surface area contributed by atoms with E-state index in [1.165, 1.54) is 6.07 Å². The number of rotatable bonds is 1. The quantitative estimate of drug-likeness (QED) is 0.579. The van der Waals surface area contributed by atoms with Crippen LogP contribution >= 0.6 is 0 Å². The molecule has 3 nitrogen and oxygen atoms in total. The minimum atomic E-state index is -4.48. The molecule has 0 aliphatic heterocycles. The molecule has 0 atom stereocenters. The second-order valence-corrected chi connectivity index (χ2v) is 3.29. The maximum atomic E-state index is 12.4. The third-order valence-electron chi connectivity index (χ3n) is 1.78.